The van der Waals surface area contributed by atoms with Gasteiger partial charge in [0.05, 0.1) is 13.0 Å². The summed E-state index contributed by atoms with van der Waals surface area (Å²) in [6.07, 6.45) is 1.38. The van der Waals surface area contributed by atoms with Crippen LogP contribution in [0.15, 0.2) is 59.7 Å². The quantitative estimate of drug-likeness (QED) is 0.350. The van der Waals surface area contributed by atoms with E-state index in [4.69, 9.17) is 15.5 Å². The lowest BCUT2D eigenvalue weighted by Gasteiger charge is -2.21. The smallest absolute Gasteiger partial charge is 0.305 e. The van der Waals surface area contributed by atoms with Crippen molar-refractivity contribution in [1.29, 1.82) is 5.53 Å². The number of amides is 1. The Balaban J connectivity index is 1.85. The molecule has 2 N–H and O–H groups in total. The van der Waals surface area contributed by atoms with E-state index in [2.05, 4.69) is 10.0 Å². The Hall–Kier alpha value is -3.35. The Labute approximate surface area is 162 Å². The fourth-order valence-corrected chi connectivity index (χ4v) is 2.54. The van der Waals surface area contributed by atoms with Crippen molar-refractivity contribution >= 4 is 17.6 Å². The Bertz CT molecular complexity index is 818. The summed E-state index contributed by atoms with van der Waals surface area (Å²) < 4.78 is 0. The Morgan fingerprint density at radius 1 is 1.04 bits per heavy atom. The third-order valence-electron chi connectivity index (χ3n) is 3.99. The van der Waals surface area contributed by atoms with E-state index in [-0.39, 0.29) is 31.9 Å². The molecule has 0 saturated carbocycles. The molecule has 0 atom stereocenters. The zero-order valence-corrected chi connectivity index (χ0v) is 15.5. The second-order valence-electron chi connectivity index (χ2n) is 6.12. The van der Waals surface area contributed by atoms with Gasteiger partial charge >= 0.3 is 5.97 Å². The molecule has 2 aromatic rings. The van der Waals surface area contributed by atoms with Gasteiger partial charge in [-0.2, -0.15) is 0 Å². The minimum Gasteiger partial charge on any atom is -0.481 e. The molecule has 0 heterocycles. The number of aliphatic carboxylic acids is 1. The van der Waals surface area contributed by atoms with Crippen molar-refractivity contribution in [2.45, 2.75) is 32.3 Å². The number of hydrogen-bond donors (Lipinski definition) is 2. The summed E-state index contributed by atoms with van der Waals surface area (Å²) in [5.41, 5.74) is 9.25. The van der Waals surface area contributed by atoms with Gasteiger partial charge in [-0.05, 0) is 36.1 Å². The minimum atomic E-state index is -0.981. The van der Waals surface area contributed by atoms with Crippen molar-refractivity contribution in [1.82, 2.24) is 9.97 Å². The van der Waals surface area contributed by atoms with Crippen molar-refractivity contribution in [3.8, 4) is 0 Å². The topological polar surface area (TPSA) is 117 Å². The summed E-state index contributed by atoms with van der Waals surface area (Å²) >= 11 is 0. The summed E-state index contributed by atoms with van der Waals surface area (Å²) in [4.78, 5) is 31.9. The van der Waals surface area contributed by atoms with Crippen LogP contribution in [0.1, 0.15) is 30.4 Å². The number of rotatable bonds is 11. The maximum absolute atomic E-state index is 12.5. The number of nitrogens with zero attached hydrogens (tertiary/aromatic N) is 3. The number of benzene rings is 2. The number of carboxylic acid groups (broad SMARTS) is 1. The summed E-state index contributed by atoms with van der Waals surface area (Å²) in [5.74, 6) is -1.22. The second kappa shape index (κ2) is 11.4. The highest BCUT2D eigenvalue weighted by molar-refractivity contribution is 5.76. The Morgan fingerprint density at radius 3 is 2.39 bits per heavy atom. The van der Waals surface area contributed by atoms with Gasteiger partial charge in [0.1, 0.15) is 12.1 Å². The van der Waals surface area contributed by atoms with Gasteiger partial charge < -0.3 is 5.11 Å². The molecule has 28 heavy (non-hydrogen) atoms. The first-order chi connectivity index (χ1) is 13.6. The predicted octanol–water partition coefficient (Wildman–Crippen LogP) is 3.63. The van der Waals surface area contributed by atoms with E-state index < -0.39 is 5.97 Å². The number of carboxylic acids is 1. The first-order valence-corrected chi connectivity index (χ1v) is 8.94. The second-order valence-corrected chi connectivity index (χ2v) is 6.12. The molecular formula is C20H23N4O4+. The average Bonchev–Trinajstić information content (AvgIpc) is 2.70. The van der Waals surface area contributed by atoms with E-state index in [1.54, 1.807) is 12.1 Å². The molecule has 146 valence electrons. The van der Waals surface area contributed by atoms with E-state index >= 15 is 0 Å². The lowest BCUT2D eigenvalue weighted by atomic mass is 10.1. The molecule has 0 saturated heterocycles. The van der Waals surface area contributed by atoms with Crippen LogP contribution in [0, 0.1) is 5.53 Å². The van der Waals surface area contributed by atoms with Crippen LogP contribution < -0.4 is 4.91 Å². The first kappa shape index (κ1) is 21.0. The number of carbonyl (C=O) groups excluding carboxylic acids is 1. The molecule has 0 aliphatic rings. The molecule has 2 rings (SSSR count). The van der Waals surface area contributed by atoms with Crippen LogP contribution >= 0.6 is 0 Å². The van der Waals surface area contributed by atoms with Gasteiger partial charge in [-0.15, -0.1) is 0 Å². The zero-order chi connectivity index (χ0) is 20.2. The predicted molar refractivity (Wildman–Crippen MR) is 102 cm³/mol. The third-order valence-corrected chi connectivity index (χ3v) is 3.99. The minimum absolute atomic E-state index is 0.00776. The highest BCUT2D eigenvalue weighted by Crippen LogP contribution is 2.14. The maximum atomic E-state index is 12.5. The van der Waals surface area contributed by atoms with Crippen LogP contribution in [-0.2, 0) is 27.5 Å². The molecular weight excluding hydrogens is 360 g/mol. The van der Waals surface area contributed by atoms with E-state index in [1.807, 2.05) is 42.5 Å². The monoisotopic (exact) mass is 383 g/mol. The largest absolute Gasteiger partial charge is 0.481 e. The van der Waals surface area contributed by atoms with Crippen LogP contribution in [0.25, 0.3) is 0 Å². The summed E-state index contributed by atoms with van der Waals surface area (Å²) in [6.45, 7) is 0.214. The standard InChI is InChI=1S/C20H22N4O4/c21-23-22-18-11-9-16(10-12-18)7-4-8-19(25)24(14-13-20(26)27)28-15-17-5-2-1-3-6-17/h1-3,5-6,9-12,21H,4,7-8,13-15H2/p+1. The number of nitrogens with one attached hydrogen (secondary N) is 1. The van der Waals surface area contributed by atoms with Crippen molar-refractivity contribution < 1.29 is 19.5 Å². The summed E-state index contributed by atoms with van der Waals surface area (Å²) in [6, 6.07) is 16.7. The highest BCUT2D eigenvalue weighted by Gasteiger charge is 2.16. The molecule has 0 unspecified atom stereocenters. The van der Waals surface area contributed by atoms with Gasteiger partial charge in [-0.1, -0.05) is 42.5 Å². The Morgan fingerprint density at radius 2 is 1.75 bits per heavy atom. The fraction of sp³-hybridized carbons (Fsp3) is 0.300. The van der Waals surface area contributed by atoms with Gasteiger partial charge in [-0.25, -0.2) is 5.06 Å². The van der Waals surface area contributed by atoms with Gasteiger partial charge in [-0.3, -0.25) is 14.4 Å². The fourth-order valence-electron chi connectivity index (χ4n) is 2.54. The molecule has 0 fully saturated rings. The SMILES string of the molecule is N=[N+]=Nc1ccc(CCCC(=O)N(CCC(=O)O)OCc2ccccc2)cc1. The molecule has 8 heteroatoms. The van der Waals surface area contributed by atoms with Crippen molar-refractivity contribution in [3.05, 3.63) is 65.7 Å². The van der Waals surface area contributed by atoms with Crippen molar-refractivity contribution in [2.75, 3.05) is 6.54 Å². The molecule has 1 amide bonds. The number of aryl methyl sites for hydroxylation is 1. The van der Waals surface area contributed by atoms with Crippen molar-refractivity contribution in [2.24, 2.45) is 5.11 Å². The normalized spacial score (nSPS) is 10.1. The molecule has 8 nitrogen and oxygen atoms in total. The van der Waals surface area contributed by atoms with E-state index in [0.717, 1.165) is 16.2 Å². The summed E-state index contributed by atoms with van der Waals surface area (Å²) in [7, 11) is 0. The van der Waals surface area contributed by atoms with Gasteiger partial charge in [0, 0.05) is 6.42 Å². The molecule has 0 spiro atoms. The van der Waals surface area contributed by atoms with Crippen molar-refractivity contribution in [3.63, 3.8) is 0 Å². The molecule has 0 aliphatic carbocycles. The Kier molecular flexibility index (Phi) is 8.52. The third kappa shape index (κ3) is 7.49. The molecule has 2 aromatic carbocycles. The van der Waals surface area contributed by atoms with E-state index in [9.17, 15) is 9.59 Å². The number of hydrogen-bond acceptors (Lipinski definition) is 5. The van der Waals surface area contributed by atoms with Crippen LogP contribution in [0.4, 0.5) is 5.69 Å². The van der Waals surface area contributed by atoms with E-state index in [1.165, 1.54) is 0 Å². The van der Waals surface area contributed by atoms with Gasteiger partial charge in [0.25, 0.3) is 0 Å². The maximum Gasteiger partial charge on any atom is 0.305 e. The van der Waals surface area contributed by atoms with Crippen LogP contribution in [0.5, 0.6) is 0 Å². The average molecular weight is 383 g/mol. The number of hydroxylamine groups is 2. The van der Waals surface area contributed by atoms with Gasteiger partial charge in [0.2, 0.25) is 10.8 Å². The number of carbonyl (C=O) groups is 2. The van der Waals surface area contributed by atoms with E-state index in [0.29, 0.717) is 18.5 Å². The molecule has 0 aromatic heterocycles. The molecule has 0 bridgehead atoms. The van der Waals surface area contributed by atoms with Gasteiger partial charge in [0.15, 0.2) is 10.8 Å². The van der Waals surface area contributed by atoms with Crippen LogP contribution in [0.3, 0.4) is 0 Å². The molecule has 0 radical (unpaired) electrons. The lowest BCUT2D eigenvalue weighted by molar-refractivity contribution is -0.192. The van der Waals surface area contributed by atoms with Crippen LogP contribution in [0.2, 0.25) is 0 Å². The van der Waals surface area contributed by atoms with Crippen LogP contribution in [-0.4, -0.2) is 28.6 Å². The zero-order valence-electron chi connectivity index (χ0n) is 15.5. The first-order valence-electron chi connectivity index (χ1n) is 8.94. The summed E-state index contributed by atoms with van der Waals surface area (Å²) in [5, 5.41) is 13.7. The molecule has 0 aliphatic heterocycles. The lowest BCUT2D eigenvalue weighted by Crippen LogP contribution is -2.33. The highest BCUT2D eigenvalue weighted by atomic mass is 16.7.